The molecule has 0 aliphatic carbocycles. The minimum absolute atomic E-state index is 0.229. The molecule has 0 saturated carbocycles. The molecule has 0 radical (unpaired) electrons. The maximum atomic E-state index is 9.41. The maximum Gasteiger partial charge on any atom is 0.0847 e. The fourth-order valence-corrected chi connectivity index (χ4v) is 2.71. The van der Waals surface area contributed by atoms with Crippen LogP contribution in [0.15, 0.2) is 18.2 Å². The van der Waals surface area contributed by atoms with Gasteiger partial charge in [-0.15, -0.1) is 11.6 Å². The Bertz CT molecular complexity index is 408. The Morgan fingerprint density at radius 1 is 1.26 bits per heavy atom. The van der Waals surface area contributed by atoms with Gasteiger partial charge < -0.3 is 15.3 Å². The van der Waals surface area contributed by atoms with E-state index in [-0.39, 0.29) is 5.88 Å². The summed E-state index contributed by atoms with van der Waals surface area (Å²) in [5, 5.41) is 13.3. The number of piperidine rings is 1. The second kappa shape index (κ2) is 7.22. The highest BCUT2D eigenvalue weighted by molar-refractivity contribution is 6.33. The van der Waals surface area contributed by atoms with Crippen LogP contribution in [0.25, 0.3) is 0 Å². The number of hydrogen-bond acceptors (Lipinski definition) is 3. The maximum absolute atomic E-state index is 9.41. The molecule has 1 atom stereocenters. The summed E-state index contributed by atoms with van der Waals surface area (Å²) in [4.78, 5) is 2.34. The summed E-state index contributed by atoms with van der Waals surface area (Å²) in [6.07, 6.45) is 3.24. The molecule has 2 N–H and O–H groups in total. The Balaban J connectivity index is 2.00. The van der Waals surface area contributed by atoms with Gasteiger partial charge in [-0.1, -0.05) is 11.6 Å². The zero-order valence-corrected chi connectivity index (χ0v) is 12.4. The summed E-state index contributed by atoms with van der Waals surface area (Å²) in [6.45, 7) is 2.60. The van der Waals surface area contributed by atoms with E-state index in [4.69, 9.17) is 23.2 Å². The molecule has 3 nitrogen and oxygen atoms in total. The summed E-state index contributed by atoms with van der Waals surface area (Å²) >= 11 is 11.9. The number of anilines is 2. The van der Waals surface area contributed by atoms with Crippen LogP contribution in [-0.4, -0.2) is 36.7 Å². The molecule has 1 unspecified atom stereocenters. The fourth-order valence-electron chi connectivity index (χ4n) is 2.30. The SMILES string of the molecule is OC(CCl)CNc1ccc(N2CCCCC2)c(Cl)c1. The van der Waals surface area contributed by atoms with Crippen LogP contribution in [0.3, 0.4) is 0 Å². The normalized spacial score (nSPS) is 17.3. The van der Waals surface area contributed by atoms with E-state index in [1.807, 2.05) is 18.2 Å². The number of aliphatic hydroxyl groups excluding tert-OH is 1. The number of halogens is 2. The summed E-state index contributed by atoms with van der Waals surface area (Å²) in [5.41, 5.74) is 2.01. The van der Waals surface area contributed by atoms with E-state index in [2.05, 4.69) is 10.2 Å². The number of benzene rings is 1. The highest BCUT2D eigenvalue weighted by Gasteiger charge is 2.14. The van der Waals surface area contributed by atoms with Gasteiger partial charge in [0.15, 0.2) is 0 Å². The summed E-state index contributed by atoms with van der Waals surface area (Å²) in [7, 11) is 0. The number of rotatable bonds is 5. The monoisotopic (exact) mass is 302 g/mol. The van der Waals surface area contributed by atoms with Gasteiger partial charge in [-0.05, 0) is 37.5 Å². The van der Waals surface area contributed by atoms with Gasteiger partial charge >= 0.3 is 0 Å². The van der Waals surface area contributed by atoms with E-state index in [1.165, 1.54) is 19.3 Å². The van der Waals surface area contributed by atoms with Crippen molar-refractivity contribution in [3.8, 4) is 0 Å². The molecule has 1 saturated heterocycles. The average Bonchev–Trinajstić information content (AvgIpc) is 2.45. The molecule has 1 aromatic rings. The van der Waals surface area contributed by atoms with Crippen LogP contribution in [0.5, 0.6) is 0 Å². The Hall–Kier alpha value is -0.640. The van der Waals surface area contributed by atoms with Crippen LogP contribution in [0.2, 0.25) is 5.02 Å². The molecule has 2 rings (SSSR count). The molecule has 19 heavy (non-hydrogen) atoms. The summed E-state index contributed by atoms with van der Waals surface area (Å²) in [5.74, 6) is 0.229. The topological polar surface area (TPSA) is 35.5 Å². The first-order valence-corrected chi connectivity index (χ1v) is 7.64. The summed E-state index contributed by atoms with van der Waals surface area (Å²) < 4.78 is 0. The van der Waals surface area contributed by atoms with Gasteiger partial charge in [-0.2, -0.15) is 0 Å². The highest BCUT2D eigenvalue weighted by atomic mass is 35.5. The van der Waals surface area contributed by atoms with Crippen LogP contribution in [0.1, 0.15) is 19.3 Å². The summed E-state index contributed by atoms with van der Waals surface area (Å²) in [6, 6.07) is 5.95. The zero-order valence-electron chi connectivity index (χ0n) is 10.9. The van der Waals surface area contributed by atoms with E-state index in [0.29, 0.717) is 6.54 Å². The molecular weight excluding hydrogens is 283 g/mol. The minimum atomic E-state index is -0.540. The standard InChI is InChI=1S/C14H20Cl2N2O/c15-9-12(19)10-17-11-4-5-14(13(16)8-11)18-6-2-1-3-7-18/h4-5,8,12,17,19H,1-3,6-7,9-10H2. The van der Waals surface area contributed by atoms with Crippen LogP contribution in [-0.2, 0) is 0 Å². The molecule has 0 spiro atoms. The molecule has 0 bridgehead atoms. The Labute approximate surface area is 124 Å². The number of alkyl halides is 1. The van der Waals surface area contributed by atoms with Crippen LogP contribution in [0, 0.1) is 0 Å². The number of hydrogen-bond donors (Lipinski definition) is 2. The number of aliphatic hydroxyl groups is 1. The van der Waals surface area contributed by atoms with Crippen molar-refractivity contribution in [2.45, 2.75) is 25.4 Å². The van der Waals surface area contributed by atoms with Crippen LogP contribution in [0.4, 0.5) is 11.4 Å². The van der Waals surface area contributed by atoms with Crippen molar-refractivity contribution < 1.29 is 5.11 Å². The van der Waals surface area contributed by atoms with Gasteiger partial charge in [0.1, 0.15) is 0 Å². The van der Waals surface area contributed by atoms with E-state index in [0.717, 1.165) is 29.5 Å². The Kier molecular flexibility index (Phi) is 5.61. The van der Waals surface area contributed by atoms with Gasteiger partial charge in [-0.3, -0.25) is 0 Å². The van der Waals surface area contributed by atoms with Gasteiger partial charge in [0, 0.05) is 25.3 Å². The van der Waals surface area contributed by atoms with Crippen molar-refractivity contribution in [3.05, 3.63) is 23.2 Å². The lowest BCUT2D eigenvalue weighted by atomic mass is 10.1. The van der Waals surface area contributed by atoms with Crippen molar-refractivity contribution in [1.29, 1.82) is 0 Å². The zero-order chi connectivity index (χ0) is 13.7. The first kappa shape index (κ1) is 14.8. The smallest absolute Gasteiger partial charge is 0.0847 e. The molecule has 1 fully saturated rings. The molecule has 0 amide bonds. The van der Waals surface area contributed by atoms with E-state index in [9.17, 15) is 5.11 Å². The van der Waals surface area contributed by atoms with E-state index >= 15 is 0 Å². The van der Waals surface area contributed by atoms with Gasteiger partial charge in [-0.25, -0.2) is 0 Å². The Morgan fingerprint density at radius 3 is 2.63 bits per heavy atom. The minimum Gasteiger partial charge on any atom is -0.390 e. The molecule has 1 aromatic carbocycles. The predicted octanol–water partition coefficient (Wildman–Crippen LogP) is 3.34. The van der Waals surface area contributed by atoms with Crippen molar-refractivity contribution >= 4 is 34.6 Å². The second-order valence-electron chi connectivity index (χ2n) is 4.90. The molecule has 5 heteroatoms. The highest BCUT2D eigenvalue weighted by Crippen LogP contribution is 2.30. The third-order valence-corrected chi connectivity index (χ3v) is 4.02. The van der Waals surface area contributed by atoms with Crippen molar-refractivity contribution in [3.63, 3.8) is 0 Å². The fraction of sp³-hybridized carbons (Fsp3) is 0.571. The van der Waals surface area contributed by atoms with E-state index < -0.39 is 6.10 Å². The average molecular weight is 303 g/mol. The molecule has 1 aliphatic rings. The third kappa shape index (κ3) is 4.16. The van der Waals surface area contributed by atoms with Gasteiger partial charge in [0.05, 0.1) is 22.7 Å². The second-order valence-corrected chi connectivity index (χ2v) is 5.62. The van der Waals surface area contributed by atoms with Gasteiger partial charge in [0.25, 0.3) is 0 Å². The van der Waals surface area contributed by atoms with Gasteiger partial charge in [0.2, 0.25) is 0 Å². The van der Waals surface area contributed by atoms with Crippen molar-refractivity contribution in [1.82, 2.24) is 0 Å². The number of nitrogens with one attached hydrogen (secondary N) is 1. The lowest BCUT2D eigenvalue weighted by Crippen LogP contribution is -2.29. The molecule has 1 aliphatic heterocycles. The number of nitrogens with zero attached hydrogens (tertiary/aromatic N) is 1. The van der Waals surface area contributed by atoms with Crippen LogP contribution < -0.4 is 10.2 Å². The quantitative estimate of drug-likeness (QED) is 0.819. The predicted molar refractivity (Wildman–Crippen MR) is 82.7 cm³/mol. The first-order chi connectivity index (χ1) is 9.20. The molecular formula is C14H20Cl2N2O. The van der Waals surface area contributed by atoms with Crippen molar-refractivity contribution in [2.75, 3.05) is 35.7 Å². The van der Waals surface area contributed by atoms with E-state index in [1.54, 1.807) is 0 Å². The lowest BCUT2D eigenvalue weighted by Gasteiger charge is -2.29. The molecule has 1 heterocycles. The van der Waals surface area contributed by atoms with Crippen molar-refractivity contribution in [2.24, 2.45) is 0 Å². The van der Waals surface area contributed by atoms with Crippen LogP contribution >= 0.6 is 23.2 Å². The first-order valence-electron chi connectivity index (χ1n) is 6.73. The lowest BCUT2D eigenvalue weighted by molar-refractivity contribution is 0.211. The largest absolute Gasteiger partial charge is 0.390 e. The third-order valence-electron chi connectivity index (χ3n) is 3.36. The molecule has 0 aromatic heterocycles. The Morgan fingerprint density at radius 2 is 2.00 bits per heavy atom. The molecule has 106 valence electrons.